The van der Waals surface area contributed by atoms with Crippen LogP contribution in [0.5, 0.6) is 0 Å². The van der Waals surface area contributed by atoms with E-state index in [0.29, 0.717) is 5.69 Å². The first kappa shape index (κ1) is 17.7. The van der Waals surface area contributed by atoms with Gasteiger partial charge in [0.15, 0.2) is 0 Å². The van der Waals surface area contributed by atoms with Gasteiger partial charge in [-0.2, -0.15) is 0 Å². The van der Waals surface area contributed by atoms with Crippen LogP contribution in [-0.2, 0) is 0 Å². The molecule has 0 aliphatic heterocycles. The molecular weight excluding hydrogens is 709 g/mol. The topological polar surface area (TPSA) is 9.86 Å². The summed E-state index contributed by atoms with van der Waals surface area (Å²) in [5.41, 5.74) is -0.678. The minimum atomic E-state index is -0.597. The van der Waals surface area contributed by atoms with Gasteiger partial charge < -0.3 is 9.13 Å². The summed E-state index contributed by atoms with van der Waals surface area (Å²) in [4.78, 5) is 0. The summed E-state index contributed by atoms with van der Waals surface area (Å²) in [5, 5.41) is -0.0113. The maximum Gasteiger partial charge on any atom is 0.0660 e. The van der Waals surface area contributed by atoms with Gasteiger partial charge in [0.1, 0.15) is 0 Å². The zero-order chi connectivity index (χ0) is 55.7. The maximum absolute atomic E-state index is 10.0. The van der Waals surface area contributed by atoms with Gasteiger partial charge in [-0.25, -0.2) is 0 Å². The molecule has 0 saturated carbocycles. The van der Waals surface area contributed by atoms with Crippen molar-refractivity contribution in [1.82, 2.24) is 9.13 Å². The van der Waals surface area contributed by atoms with Crippen molar-refractivity contribution in [3.63, 3.8) is 0 Å². The van der Waals surface area contributed by atoms with E-state index in [1.807, 2.05) is 0 Å². The molecule has 266 valence electrons. The Morgan fingerprint density at radius 2 is 1.12 bits per heavy atom. The lowest BCUT2D eigenvalue weighted by atomic mass is 9.98. The van der Waals surface area contributed by atoms with Crippen molar-refractivity contribution in [2.75, 3.05) is 0 Å². The highest BCUT2D eigenvalue weighted by molar-refractivity contribution is 7.25. The van der Waals surface area contributed by atoms with Crippen LogP contribution in [0, 0.1) is 0 Å². The van der Waals surface area contributed by atoms with Gasteiger partial charge in [-0.15, -0.1) is 11.3 Å². The molecule has 0 saturated heterocycles. The molecule has 2 nitrogen and oxygen atoms in total. The molecule has 57 heavy (non-hydrogen) atoms. The van der Waals surface area contributed by atoms with Crippen LogP contribution in [0.25, 0.3) is 109 Å². The van der Waals surface area contributed by atoms with Crippen LogP contribution in [0.4, 0.5) is 0 Å². The molecule has 0 bridgehead atoms. The van der Waals surface area contributed by atoms with Crippen LogP contribution >= 0.6 is 11.3 Å². The fourth-order valence-electron chi connectivity index (χ4n) is 7.52. The van der Waals surface area contributed by atoms with E-state index < -0.39 is 78.6 Å². The van der Waals surface area contributed by atoms with Gasteiger partial charge >= 0.3 is 0 Å². The summed E-state index contributed by atoms with van der Waals surface area (Å²) in [6, 6.07) is 10.2. The molecule has 0 N–H and O–H groups in total. The minimum absolute atomic E-state index is 0.00197. The molecule has 12 aromatic rings. The molecule has 0 fully saturated rings. The number of para-hydroxylation sites is 3. The first-order valence-electron chi connectivity index (χ1n) is 28.3. The minimum Gasteiger partial charge on any atom is -0.309 e. The Hall–Kier alpha value is -7.20. The standard InChI is InChI=1S/C54H34N2S/c1-3-13-35(14-4-1)36-15-11-16-37(31-36)38-25-28-44-45-29-27-41(34-53(45)57-52(44)33-38)56-48-22-9-7-19-43(48)47-32-39(26-30-50(47)56)42-21-12-24-51-54(42)46-20-8-10-23-49(46)55(51)40-17-5-2-6-18-40/h1-34H/i3D,7D,8D,9D,10D,11D,12D,14D,15D,19D,23D,24D,25D,26D,28D,29D,30D,31D,32D,33D,34D. The van der Waals surface area contributed by atoms with E-state index in [9.17, 15) is 15.1 Å². The van der Waals surface area contributed by atoms with E-state index in [1.165, 1.54) is 51.6 Å². The molecule has 0 atom stereocenters. The molecule has 0 spiro atoms. The zero-order valence-corrected chi connectivity index (χ0v) is 30.1. The van der Waals surface area contributed by atoms with Crippen molar-refractivity contribution in [3.05, 3.63) is 206 Å². The van der Waals surface area contributed by atoms with Gasteiger partial charge in [0.2, 0.25) is 0 Å². The summed E-state index contributed by atoms with van der Waals surface area (Å²) in [6.07, 6.45) is 0. The van der Waals surface area contributed by atoms with Crippen LogP contribution in [0.3, 0.4) is 0 Å². The normalized spacial score (nSPS) is 17.0. The van der Waals surface area contributed by atoms with E-state index in [1.54, 1.807) is 30.3 Å². The lowest BCUT2D eigenvalue weighted by molar-refractivity contribution is 1.18. The molecular formula is C54H34N2S. The van der Waals surface area contributed by atoms with E-state index in [0.717, 1.165) is 17.4 Å². The Kier molecular flexibility index (Phi) is 3.94. The highest BCUT2D eigenvalue weighted by atomic mass is 32.1. The van der Waals surface area contributed by atoms with Crippen LogP contribution in [0.2, 0.25) is 0 Å². The highest BCUT2D eigenvalue weighted by Crippen LogP contribution is 2.43. The van der Waals surface area contributed by atoms with Gasteiger partial charge in [-0.1, -0.05) is 139 Å². The third-order valence-corrected chi connectivity index (χ3v) is 11.0. The van der Waals surface area contributed by atoms with Crippen LogP contribution in [0.15, 0.2) is 206 Å². The number of hydrogen-bond donors (Lipinski definition) is 0. The van der Waals surface area contributed by atoms with Gasteiger partial charge in [0, 0.05) is 53.1 Å². The maximum atomic E-state index is 10.0. The number of aromatic nitrogens is 2. The lowest BCUT2D eigenvalue weighted by Crippen LogP contribution is -1.93. The van der Waals surface area contributed by atoms with Crippen LogP contribution < -0.4 is 0 Å². The Labute approximate surface area is 363 Å². The summed E-state index contributed by atoms with van der Waals surface area (Å²) >= 11 is 0.818. The molecule has 0 amide bonds. The van der Waals surface area contributed by atoms with Crippen molar-refractivity contribution in [2.24, 2.45) is 0 Å². The smallest absolute Gasteiger partial charge is 0.0660 e. The van der Waals surface area contributed by atoms with E-state index in [4.69, 9.17) is 13.7 Å². The largest absolute Gasteiger partial charge is 0.309 e. The Balaban J connectivity index is 1.16. The number of rotatable bonds is 5. The zero-order valence-electron chi connectivity index (χ0n) is 50.3. The molecule has 0 unspecified atom stereocenters. The van der Waals surface area contributed by atoms with Crippen molar-refractivity contribution >= 4 is 75.1 Å². The predicted molar refractivity (Wildman–Crippen MR) is 244 cm³/mol. The fraction of sp³-hybridized carbons (Fsp3) is 0. The number of thiophene rings is 1. The average Bonchev–Trinajstić information content (AvgIpc) is 3.80. The summed E-state index contributed by atoms with van der Waals surface area (Å²) in [5.74, 6) is 0. The monoisotopic (exact) mass is 763 g/mol. The number of nitrogens with zero attached hydrogens (tertiary/aromatic N) is 2. The second-order valence-corrected chi connectivity index (χ2v) is 14.2. The van der Waals surface area contributed by atoms with E-state index in [-0.39, 0.29) is 151 Å². The average molecular weight is 764 g/mol. The third kappa shape index (κ3) is 5.03. The molecule has 3 heteroatoms. The van der Waals surface area contributed by atoms with Crippen molar-refractivity contribution in [2.45, 2.75) is 0 Å². The molecule has 12 rings (SSSR count). The predicted octanol–water partition coefficient (Wildman–Crippen LogP) is 15.2. The highest BCUT2D eigenvalue weighted by Gasteiger charge is 2.19. The lowest BCUT2D eigenvalue weighted by Gasteiger charge is -2.10. The van der Waals surface area contributed by atoms with Crippen LogP contribution in [0.1, 0.15) is 28.8 Å². The van der Waals surface area contributed by atoms with E-state index >= 15 is 0 Å². The Morgan fingerprint density at radius 3 is 2.09 bits per heavy atom. The number of fused-ring (bicyclic) bond motifs is 9. The second-order valence-electron chi connectivity index (χ2n) is 13.2. The summed E-state index contributed by atoms with van der Waals surface area (Å²) in [6.45, 7) is 0. The number of benzene rings is 9. The van der Waals surface area contributed by atoms with Crippen molar-refractivity contribution in [1.29, 1.82) is 0 Å². The molecule has 3 heterocycles. The van der Waals surface area contributed by atoms with Crippen molar-refractivity contribution in [3.8, 4) is 44.8 Å². The second kappa shape index (κ2) is 12.7. The third-order valence-electron chi connectivity index (χ3n) is 10.0. The van der Waals surface area contributed by atoms with Gasteiger partial charge in [0.05, 0.1) is 50.9 Å². The first-order valence-corrected chi connectivity index (χ1v) is 18.6. The summed E-state index contributed by atoms with van der Waals surface area (Å²) in [7, 11) is 0. The molecule has 9 aromatic carbocycles. The van der Waals surface area contributed by atoms with Gasteiger partial charge in [-0.05, 0) is 99.9 Å². The first-order chi connectivity index (χ1) is 37.0. The quantitative estimate of drug-likeness (QED) is 0.165. The van der Waals surface area contributed by atoms with E-state index in [2.05, 4.69) is 0 Å². The molecule has 3 aromatic heterocycles. The van der Waals surface area contributed by atoms with Gasteiger partial charge in [-0.3, -0.25) is 0 Å². The number of hydrogen-bond acceptors (Lipinski definition) is 1. The SMILES string of the molecule is [2H]c1ccc([2H])c(-c2c([2H])c([2H])cc(-c3c([2H])c([2H])c4c(sc5c([2H])c(-n6c7cc([2H])c([2H])c([2H])c7c7c([2H])c(-c8cc([2H])c([2H])c9c8c8cc([2H])c([2H])c([2H])c8n9-c8ccccc8)c([2H])c([2H])c76)cc([2H])c54)c3[2H])c2[2H])c1. The van der Waals surface area contributed by atoms with Crippen molar-refractivity contribution < 1.29 is 28.8 Å². The fourth-order valence-corrected chi connectivity index (χ4v) is 8.55. The van der Waals surface area contributed by atoms with Crippen LogP contribution in [-0.4, -0.2) is 9.13 Å². The Morgan fingerprint density at radius 1 is 0.351 bits per heavy atom. The molecule has 0 aliphatic rings. The van der Waals surface area contributed by atoms with Gasteiger partial charge in [0.25, 0.3) is 0 Å². The molecule has 0 radical (unpaired) electrons. The molecule has 0 aliphatic carbocycles. The summed E-state index contributed by atoms with van der Waals surface area (Å²) < 4.78 is 195. The Bertz CT molecular complexity index is 4750.